The summed E-state index contributed by atoms with van der Waals surface area (Å²) in [5.74, 6) is -0.623. The molecule has 0 saturated heterocycles. The molecule has 0 aliphatic carbocycles. The van der Waals surface area contributed by atoms with Crippen molar-refractivity contribution in [3.8, 4) is 5.75 Å². The molecule has 0 heterocycles. The largest absolute Gasteiger partial charge is 0.483 e. The quantitative estimate of drug-likeness (QED) is 0.811. The molecule has 1 aromatic carbocycles. The van der Waals surface area contributed by atoms with Crippen molar-refractivity contribution in [1.82, 2.24) is 5.32 Å². The van der Waals surface area contributed by atoms with Crippen LogP contribution in [0.1, 0.15) is 25.8 Å². The molecule has 0 atom stereocenters. The highest BCUT2D eigenvalue weighted by Crippen LogP contribution is 2.24. The first-order valence-electron chi connectivity index (χ1n) is 6.62. The standard InChI is InChI=1S/C15H20ClNO4/c1-10-11(16)5-4-6-12(10)21-9-13(18)17-8-7-15(2,3)14(19)20/h4-6H,7-9H2,1-3H3,(H,17,18)(H,19,20). The number of carbonyl (C=O) groups excluding carboxylic acids is 1. The summed E-state index contributed by atoms with van der Waals surface area (Å²) in [7, 11) is 0. The van der Waals surface area contributed by atoms with Gasteiger partial charge in [-0.25, -0.2) is 0 Å². The van der Waals surface area contributed by atoms with Gasteiger partial charge < -0.3 is 15.2 Å². The van der Waals surface area contributed by atoms with Gasteiger partial charge in [0.15, 0.2) is 6.61 Å². The second-order valence-electron chi connectivity index (χ2n) is 5.44. The molecule has 0 radical (unpaired) electrons. The maximum absolute atomic E-state index is 11.7. The Morgan fingerprint density at radius 3 is 2.67 bits per heavy atom. The van der Waals surface area contributed by atoms with Crippen molar-refractivity contribution in [3.63, 3.8) is 0 Å². The molecule has 0 aromatic heterocycles. The highest BCUT2D eigenvalue weighted by molar-refractivity contribution is 6.31. The van der Waals surface area contributed by atoms with E-state index in [4.69, 9.17) is 21.4 Å². The van der Waals surface area contributed by atoms with E-state index in [2.05, 4.69) is 5.32 Å². The number of amides is 1. The molecule has 0 bridgehead atoms. The third-order valence-corrected chi connectivity index (χ3v) is 3.64. The zero-order chi connectivity index (χ0) is 16.0. The van der Waals surface area contributed by atoms with Gasteiger partial charge in [0.25, 0.3) is 5.91 Å². The Bertz CT molecular complexity index is 528. The number of nitrogens with one attached hydrogen (secondary N) is 1. The van der Waals surface area contributed by atoms with Gasteiger partial charge in [-0.1, -0.05) is 17.7 Å². The molecular weight excluding hydrogens is 294 g/mol. The van der Waals surface area contributed by atoms with E-state index in [1.165, 1.54) is 0 Å². The van der Waals surface area contributed by atoms with Gasteiger partial charge in [-0.3, -0.25) is 9.59 Å². The maximum Gasteiger partial charge on any atom is 0.309 e. The molecule has 1 rings (SSSR count). The van der Waals surface area contributed by atoms with Crippen molar-refractivity contribution in [2.24, 2.45) is 5.41 Å². The molecule has 21 heavy (non-hydrogen) atoms. The average Bonchev–Trinajstić information content (AvgIpc) is 2.40. The number of hydrogen-bond donors (Lipinski definition) is 2. The summed E-state index contributed by atoms with van der Waals surface area (Å²) in [6.07, 6.45) is 0.351. The van der Waals surface area contributed by atoms with Crippen LogP contribution in [0.5, 0.6) is 5.75 Å². The summed E-state index contributed by atoms with van der Waals surface area (Å²) in [5, 5.41) is 12.2. The Labute approximate surface area is 129 Å². The minimum atomic E-state index is -0.887. The summed E-state index contributed by atoms with van der Waals surface area (Å²) >= 11 is 5.96. The molecule has 1 aromatic rings. The number of aliphatic carboxylic acids is 1. The fourth-order valence-corrected chi connectivity index (χ4v) is 1.73. The second kappa shape index (κ2) is 7.31. The fourth-order valence-electron chi connectivity index (χ4n) is 1.56. The van der Waals surface area contributed by atoms with Gasteiger partial charge in [0, 0.05) is 17.1 Å². The number of carboxylic acids is 1. The lowest BCUT2D eigenvalue weighted by Gasteiger charge is -2.19. The normalized spacial score (nSPS) is 11.0. The van der Waals surface area contributed by atoms with Crippen LogP contribution in [0, 0.1) is 12.3 Å². The summed E-state index contributed by atoms with van der Waals surface area (Å²) in [4.78, 5) is 22.6. The average molecular weight is 314 g/mol. The molecule has 1 amide bonds. The predicted molar refractivity (Wildman–Crippen MR) is 80.7 cm³/mol. The zero-order valence-electron chi connectivity index (χ0n) is 12.4. The van der Waals surface area contributed by atoms with Crippen LogP contribution >= 0.6 is 11.6 Å². The van der Waals surface area contributed by atoms with E-state index in [-0.39, 0.29) is 19.1 Å². The molecule has 5 nitrogen and oxygen atoms in total. The van der Waals surface area contributed by atoms with Crippen LogP contribution in [0.3, 0.4) is 0 Å². The molecule has 0 aliphatic rings. The highest BCUT2D eigenvalue weighted by Gasteiger charge is 2.26. The number of hydrogen-bond acceptors (Lipinski definition) is 3. The Morgan fingerprint density at radius 2 is 2.05 bits per heavy atom. The third-order valence-electron chi connectivity index (χ3n) is 3.23. The van der Waals surface area contributed by atoms with Crippen molar-refractivity contribution < 1.29 is 19.4 Å². The van der Waals surface area contributed by atoms with Gasteiger partial charge in [0.1, 0.15) is 5.75 Å². The van der Waals surface area contributed by atoms with Gasteiger partial charge in [0.05, 0.1) is 5.41 Å². The number of carbonyl (C=O) groups is 2. The van der Waals surface area contributed by atoms with E-state index in [1.54, 1.807) is 32.0 Å². The molecule has 0 fully saturated rings. The van der Waals surface area contributed by atoms with Gasteiger partial charge >= 0.3 is 5.97 Å². The van der Waals surface area contributed by atoms with Crippen LogP contribution in [-0.2, 0) is 9.59 Å². The monoisotopic (exact) mass is 313 g/mol. The first-order chi connectivity index (χ1) is 9.74. The van der Waals surface area contributed by atoms with Crippen molar-refractivity contribution in [2.45, 2.75) is 27.2 Å². The van der Waals surface area contributed by atoms with E-state index < -0.39 is 11.4 Å². The van der Waals surface area contributed by atoms with Crippen LogP contribution in [0.2, 0.25) is 5.02 Å². The molecule has 0 saturated carbocycles. The summed E-state index contributed by atoms with van der Waals surface area (Å²) in [6.45, 7) is 5.20. The fraction of sp³-hybridized carbons (Fsp3) is 0.467. The number of carboxylic acid groups (broad SMARTS) is 1. The molecular formula is C15H20ClNO4. The van der Waals surface area contributed by atoms with Crippen LogP contribution in [0.4, 0.5) is 0 Å². The number of benzene rings is 1. The minimum Gasteiger partial charge on any atom is -0.483 e. The van der Waals surface area contributed by atoms with Crippen LogP contribution in [-0.4, -0.2) is 30.1 Å². The van der Waals surface area contributed by atoms with Crippen LogP contribution in [0.15, 0.2) is 18.2 Å². The van der Waals surface area contributed by atoms with E-state index in [9.17, 15) is 9.59 Å². The highest BCUT2D eigenvalue weighted by atomic mass is 35.5. The number of rotatable bonds is 7. The van der Waals surface area contributed by atoms with Crippen molar-refractivity contribution in [2.75, 3.05) is 13.2 Å². The lowest BCUT2D eigenvalue weighted by Crippen LogP contribution is -2.34. The van der Waals surface area contributed by atoms with Gasteiger partial charge in [-0.05, 0) is 39.3 Å². The first-order valence-corrected chi connectivity index (χ1v) is 7.00. The van der Waals surface area contributed by atoms with E-state index >= 15 is 0 Å². The SMILES string of the molecule is Cc1c(Cl)cccc1OCC(=O)NCCC(C)(C)C(=O)O. The smallest absolute Gasteiger partial charge is 0.309 e. The third kappa shape index (κ3) is 5.27. The van der Waals surface area contributed by atoms with Crippen LogP contribution < -0.4 is 10.1 Å². The first kappa shape index (κ1) is 17.3. The molecule has 2 N–H and O–H groups in total. The molecule has 0 aliphatic heterocycles. The van der Waals surface area contributed by atoms with E-state index in [0.29, 0.717) is 17.2 Å². The molecule has 6 heteroatoms. The number of ether oxygens (including phenoxy) is 1. The lowest BCUT2D eigenvalue weighted by molar-refractivity contribution is -0.147. The summed E-state index contributed by atoms with van der Waals surface area (Å²) in [5.41, 5.74) is -0.0866. The Kier molecular flexibility index (Phi) is 6.03. The van der Waals surface area contributed by atoms with Crippen molar-refractivity contribution >= 4 is 23.5 Å². The molecule has 0 unspecified atom stereocenters. The van der Waals surface area contributed by atoms with Crippen LogP contribution in [0.25, 0.3) is 0 Å². The Morgan fingerprint density at radius 1 is 1.38 bits per heavy atom. The van der Waals surface area contributed by atoms with Crippen molar-refractivity contribution in [1.29, 1.82) is 0 Å². The van der Waals surface area contributed by atoms with Gasteiger partial charge in [-0.2, -0.15) is 0 Å². The Hall–Kier alpha value is -1.75. The summed E-state index contributed by atoms with van der Waals surface area (Å²) < 4.78 is 5.40. The second-order valence-corrected chi connectivity index (χ2v) is 5.85. The summed E-state index contributed by atoms with van der Waals surface area (Å²) in [6, 6.07) is 5.23. The van der Waals surface area contributed by atoms with Gasteiger partial charge in [0.2, 0.25) is 0 Å². The molecule has 116 valence electrons. The lowest BCUT2D eigenvalue weighted by atomic mass is 9.90. The minimum absolute atomic E-state index is 0.130. The zero-order valence-corrected chi connectivity index (χ0v) is 13.2. The van der Waals surface area contributed by atoms with Crippen molar-refractivity contribution in [3.05, 3.63) is 28.8 Å². The number of halogens is 1. The topological polar surface area (TPSA) is 75.6 Å². The van der Waals surface area contributed by atoms with Gasteiger partial charge in [-0.15, -0.1) is 0 Å². The molecule has 0 spiro atoms. The predicted octanol–water partition coefficient (Wildman–Crippen LogP) is 2.64. The van der Waals surface area contributed by atoms with E-state index in [0.717, 1.165) is 5.56 Å². The maximum atomic E-state index is 11.7. The Balaban J connectivity index is 2.38. The van der Waals surface area contributed by atoms with E-state index in [1.807, 2.05) is 6.92 Å².